The Morgan fingerprint density at radius 2 is 1.96 bits per heavy atom. The van der Waals surface area contributed by atoms with Gasteiger partial charge in [-0.25, -0.2) is 14.6 Å². The number of carbonyl (C=O) groups excluding carboxylic acids is 1. The lowest BCUT2D eigenvalue weighted by molar-refractivity contribution is -0.116. The number of nitrogens with zero attached hydrogens (tertiary/aromatic N) is 4. The summed E-state index contributed by atoms with van der Waals surface area (Å²) in [4.78, 5) is 21.1. The van der Waals surface area contributed by atoms with Crippen molar-refractivity contribution in [2.24, 2.45) is 0 Å². The number of hydrogen-bond acceptors (Lipinski definition) is 5. The Kier molecular flexibility index (Phi) is 5.32. The number of fused-ring (bicyclic) bond motifs is 1. The van der Waals surface area contributed by atoms with Gasteiger partial charge in [0.2, 0.25) is 11.9 Å². The molecule has 1 aliphatic rings. The van der Waals surface area contributed by atoms with Crippen LogP contribution in [-0.4, -0.2) is 25.7 Å². The van der Waals surface area contributed by atoms with Crippen LogP contribution in [-0.2, 0) is 17.9 Å². The highest BCUT2D eigenvalue weighted by atomic mass is 16.1. The lowest BCUT2D eigenvalue weighted by atomic mass is 9.89. The molecule has 0 saturated heterocycles. The second-order valence-electron chi connectivity index (χ2n) is 7.01. The van der Waals surface area contributed by atoms with Gasteiger partial charge < -0.3 is 10.6 Å². The van der Waals surface area contributed by atoms with Gasteiger partial charge in [0, 0.05) is 43.4 Å². The van der Waals surface area contributed by atoms with E-state index in [0.717, 1.165) is 36.3 Å². The number of nitrogens with one attached hydrogen (secondary N) is 2. The number of unbranched alkanes of at least 4 members (excludes halogenated alkanes) is 1. The van der Waals surface area contributed by atoms with E-state index in [2.05, 4.69) is 44.8 Å². The summed E-state index contributed by atoms with van der Waals surface area (Å²) in [5.74, 6) is 1.32. The van der Waals surface area contributed by atoms with Gasteiger partial charge in [-0.05, 0) is 17.5 Å². The van der Waals surface area contributed by atoms with Crippen molar-refractivity contribution in [1.29, 1.82) is 0 Å². The van der Waals surface area contributed by atoms with E-state index in [0.29, 0.717) is 18.9 Å². The first-order chi connectivity index (χ1) is 13.7. The fourth-order valence-electron chi connectivity index (χ4n) is 3.43. The maximum absolute atomic E-state index is 12.3. The standard InChI is InChI=1S/C21H24N6O/c1-2-3-9-27-20-18(14-25-27)17(10-19(28)26-20)16-12-23-21(24-13-16)22-11-15-7-5-4-6-8-15/h4-8,12-14,17H,2-3,9-11H2,1H3,(H,26,28)(H,22,23,24). The third kappa shape index (κ3) is 3.88. The highest BCUT2D eigenvalue weighted by Crippen LogP contribution is 2.36. The molecule has 1 aliphatic heterocycles. The minimum absolute atomic E-state index is 0.00188. The maximum Gasteiger partial charge on any atom is 0.226 e. The average molecular weight is 376 g/mol. The first-order valence-corrected chi connectivity index (χ1v) is 9.70. The van der Waals surface area contributed by atoms with Crippen LogP contribution in [0.25, 0.3) is 0 Å². The summed E-state index contributed by atoms with van der Waals surface area (Å²) in [5, 5.41) is 10.7. The number of anilines is 2. The Bertz CT molecular complexity index is 935. The number of benzene rings is 1. The minimum atomic E-state index is -0.0673. The molecule has 7 nitrogen and oxygen atoms in total. The van der Waals surface area contributed by atoms with Crippen molar-refractivity contribution in [3.63, 3.8) is 0 Å². The number of carbonyl (C=O) groups is 1. The number of amides is 1. The van der Waals surface area contributed by atoms with Gasteiger partial charge in [0.05, 0.1) is 6.20 Å². The predicted molar refractivity (Wildman–Crippen MR) is 108 cm³/mol. The molecule has 4 rings (SSSR count). The van der Waals surface area contributed by atoms with Crippen LogP contribution in [0.1, 0.15) is 48.8 Å². The van der Waals surface area contributed by atoms with Crippen LogP contribution in [0.2, 0.25) is 0 Å². The Balaban J connectivity index is 1.50. The van der Waals surface area contributed by atoms with Crippen molar-refractivity contribution in [2.75, 3.05) is 10.6 Å². The van der Waals surface area contributed by atoms with Crippen LogP contribution in [0.5, 0.6) is 0 Å². The molecular formula is C21H24N6O. The van der Waals surface area contributed by atoms with Gasteiger partial charge in [0.25, 0.3) is 0 Å². The molecule has 1 aromatic carbocycles. The summed E-state index contributed by atoms with van der Waals surface area (Å²) >= 11 is 0. The SMILES string of the molecule is CCCCn1ncc2c1NC(=O)CC2c1cnc(NCc2ccccc2)nc1. The van der Waals surface area contributed by atoms with Crippen molar-refractivity contribution < 1.29 is 4.79 Å². The molecule has 0 spiro atoms. The van der Waals surface area contributed by atoms with E-state index >= 15 is 0 Å². The van der Waals surface area contributed by atoms with E-state index in [1.807, 2.05) is 29.1 Å². The summed E-state index contributed by atoms with van der Waals surface area (Å²) in [6.45, 7) is 3.61. The minimum Gasteiger partial charge on any atom is -0.350 e. The second-order valence-corrected chi connectivity index (χ2v) is 7.01. The van der Waals surface area contributed by atoms with Crippen LogP contribution in [0.15, 0.2) is 48.9 Å². The van der Waals surface area contributed by atoms with Crippen molar-refractivity contribution >= 4 is 17.7 Å². The molecular weight excluding hydrogens is 352 g/mol. The van der Waals surface area contributed by atoms with Gasteiger partial charge in [0.15, 0.2) is 0 Å². The second kappa shape index (κ2) is 8.21. The van der Waals surface area contributed by atoms with Crippen molar-refractivity contribution in [2.45, 2.75) is 45.2 Å². The van der Waals surface area contributed by atoms with Crippen LogP contribution in [0.3, 0.4) is 0 Å². The van der Waals surface area contributed by atoms with E-state index in [9.17, 15) is 4.79 Å². The number of aryl methyl sites for hydroxylation is 1. The summed E-state index contributed by atoms with van der Waals surface area (Å²) in [6.07, 6.45) is 7.95. The molecule has 28 heavy (non-hydrogen) atoms. The van der Waals surface area contributed by atoms with Gasteiger partial charge in [-0.3, -0.25) is 4.79 Å². The fourth-order valence-corrected chi connectivity index (χ4v) is 3.43. The quantitative estimate of drug-likeness (QED) is 0.659. The largest absolute Gasteiger partial charge is 0.350 e. The van der Waals surface area contributed by atoms with E-state index in [1.165, 1.54) is 5.56 Å². The molecule has 144 valence electrons. The van der Waals surface area contributed by atoms with Crippen molar-refractivity contribution in [3.05, 3.63) is 65.6 Å². The Morgan fingerprint density at radius 1 is 1.18 bits per heavy atom. The smallest absolute Gasteiger partial charge is 0.226 e. The number of aromatic nitrogens is 4. The molecule has 0 bridgehead atoms. The van der Waals surface area contributed by atoms with E-state index in [4.69, 9.17) is 0 Å². The Labute approximate surface area is 164 Å². The monoisotopic (exact) mass is 376 g/mol. The third-order valence-electron chi connectivity index (χ3n) is 4.98. The highest BCUT2D eigenvalue weighted by molar-refractivity contribution is 5.94. The molecule has 1 atom stereocenters. The first-order valence-electron chi connectivity index (χ1n) is 9.70. The summed E-state index contributed by atoms with van der Waals surface area (Å²) in [6, 6.07) is 10.1. The first kappa shape index (κ1) is 18.2. The zero-order valence-corrected chi connectivity index (χ0v) is 15.9. The van der Waals surface area contributed by atoms with E-state index in [-0.39, 0.29) is 11.8 Å². The van der Waals surface area contributed by atoms with Gasteiger partial charge in [-0.15, -0.1) is 0 Å². The molecule has 3 aromatic rings. The molecule has 0 radical (unpaired) electrons. The zero-order chi connectivity index (χ0) is 19.3. The molecule has 0 fully saturated rings. The molecule has 7 heteroatoms. The summed E-state index contributed by atoms with van der Waals surface area (Å²) < 4.78 is 1.89. The van der Waals surface area contributed by atoms with Gasteiger partial charge >= 0.3 is 0 Å². The van der Waals surface area contributed by atoms with Crippen LogP contribution >= 0.6 is 0 Å². The lowest BCUT2D eigenvalue weighted by Crippen LogP contribution is -2.25. The Morgan fingerprint density at radius 3 is 2.71 bits per heavy atom. The summed E-state index contributed by atoms with van der Waals surface area (Å²) in [7, 11) is 0. The predicted octanol–water partition coefficient (Wildman–Crippen LogP) is 3.56. The van der Waals surface area contributed by atoms with Crippen molar-refractivity contribution in [3.8, 4) is 0 Å². The molecule has 0 aliphatic carbocycles. The molecule has 0 saturated carbocycles. The number of hydrogen-bond donors (Lipinski definition) is 2. The van der Waals surface area contributed by atoms with Crippen LogP contribution in [0, 0.1) is 0 Å². The highest BCUT2D eigenvalue weighted by Gasteiger charge is 2.30. The molecule has 1 amide bonds. The van der Waals surface area contributed by atoms with E-state index in [1.54, 1.807) is 12.4 Å². The van der Waals surface area contributed by atoms with Crippen LogP contribution < -0.4 is 10.6 Å². The van der Waals surface area contributed by atoms with Crippen molar-refractivity contribution in [1.82, 2.24) is 19.7 Å². The third-order valence-corrected chi connectivity index (χ3v) is 4.98. The Hall–Kier alpha value is -3.22. The normalized spacial score (nSPS) is 15.8. The zero-order valence-electron chi connectivity index (χ0n) is 15.9. The molecule has 3 heterocycles. The van der Waals surface area contributed by atoms with Gasteiger partial charge in [-0.1, -0.05) is 43.7 Å². The topological polar surface area (TPSA) is 84.7 Å². The fraction of sp³-hybridized carbons (Fsp3) is 0.333. The number of rotatable bonds is 7. The molecule has 2 N–H and O–H groups in total. The maximum atomic E-state index is 12.3. The van der Waals surface area contributed by atoms with Crippen LogP contribution in [0.4, 0.5) is 11.8 Å². The summed E-state index contributed by atoms with van der Waals surface area (Å²) in [5.41, 5.74) is 3.13. The molecule has 1 unspecified atom stereocenters. The van der Waals surface area contributed by atoms with Gasteiger partial charge in [-0.2, -0.15) is 5.10 Å². The van der Waals surface area contributed by atoms with E-state index < -0.39 is 0 Å². The molecule has 2 aromatic heterocycles. The average Bonchev–Trinajstić information content (AvgIpc) is 3.14. The van der Waals surface area contributed by atoms with Gasteiger partial charge in [0.1, 0.15) is 5.82 Å². The lowest BCUT2D eigenvalue weighted by Gasteiger charge is -2.23.